The van der Waals surface area contributed by atoms with Crippen LogP contribution in [0.1, 0.15) is 55.1 Å². The van der Waals surface area contributed by atoms with Crippen LogP contribution in [0.3, 0.4) is 0 Å². The second-order valence-corrected chi connectivity index (χ2v) is 6.28. The Bertz CT molecular complexity index is 504. The molecule has 0 aromatic carbocycles. The minimum Gasteiger partial charge on any atom is -0.334 e. The molecule has 0 aliphatic carbocycles. The summed E-state index contributed by atoms with van der Waals surface area (Å²) in [7, 11) is 1.89. The summed E-state index contributed by atoms with van der Waals surface area (Å²) in [4.78, 5) is 15.1. The highest BCUT2D eigenvalue weighted by Gasteiger charge is 2.35. The second kappa shape index (κ2) is 6.18. The highest BCUT2D eigenvalue weighted by molar-refractivity contribution is 5.95. The van der Waals surface area contributed by atoms with E-state index < -0.39 is 0 Å². The summed E-state index contributed by atoms with van der Waals surface area (Å²) in [6.07, 6.45) is 8.61. The molecule has 0 spiro atoms. The zero-order valence-corrected chi connectivity index (χ0v) is 13.1. The van der Waals surface area contributed by atoms with E-state index in [4.69, 9.17) is 0 Å². The molecular weight excluding hydrogens is 264 g/mol. The zero-order chi connectivity index (χ0) is 14.8. The van der Waals surface area contributed by atoms with E-state index in [1.807, 2.05) is 13.2 Å². The predicted octanol–water partition coefficient (Wildman–Crippen LogP) is 1.73. The number of aromatic nitrogens is 2. The number of likely N-dealkylation sites (tertiary alicyclic amines) is 1. The number of amides is 1. The van der Waals surface area contributed by atoms with Crippen LogP contribution >= 0.6 is 0 Å². The summed E-state index contributed by atoms with van der Waals surface area (Å²) in [5.74, 6) is 0.179. The van der Waals surface area contributed by atoms with Gasteiger partial charge in [-0.25, -0.2) is 0 Å². The average molecular weight is 290 g/mol. The van der Waals surface area contributed by atoms with Crippen molar-refractivity contribution in [2.45, 2.75) is 57.5 Å². The number of hydrogen-bond acceptors (Lipinski definition) is 3. The third kappa shape index (κ3) is 2.84. The highest BCUT2D eigenvalue weighted by atomic mass is 16.2. The summed E-state index contributed by atoms with van der Waals surface area (Å²) >= 11 is 0. The van der Waals surface area contributed by atoms with Gasteiger partial charge in [-0.15, -0.1) is 0 Å². The number of carbonyl (C=O) groups excluding carboxylic acids is 1. The molecule has 2 unspecified atom stereocenters. The van der Waals surface area contributed by atoms with Crippen LogP contribution in [0.25, 0.3) is 0 Å². The lowest BCUT2D eigenvalue weighted by atomic mass is 9.93. The molecule has 21 heavy (non-hydrogen) atoms. The first-order valence-corrected chi connectivity index (χ1v) is 8.27. The number of piperidine rings is 1. The Morgan fingerprint density at radius 3 is 2.95 bits per heavy atom. The molecule has 0 radical (unpaired) electrons. The first kappa shape index (κ1) is 14.6. The Morgan fingerprint density at radius 1 is 1.38 bits per heavy atom. The second-order valence-electron chi connectivity index (χ2n) is 6.28. The molecule has 2 fully saturated rings. The Kier molecular flexibility index (Phi) is 4.29. The van der Waals surface area contributed by atoms with Gasteiger partial charge in [0.25, 0.3) is 5.91 Å². The molecule has 2 aliphatic rings. The van der Waals surface area contributed by atoms with Crippen molar-refractivity contribution in [3.05, 3.63) is 17.5 Å². The predicted molar refractivity (Wildman–Crippen MR) is 82.3 cm³/mol. The van der Waals surface area contributed by atoms with E-state index in [-0.39, 0.29) is 5.91 Å². The van der Waals surface area contributed by atoms with Gasteiger partial charge in [0.1, 0.15) is 0 Å². The number of hydrogen-bond donors (Lipinski definition) is 1. The minimum absolute atomic E-state index is 0.179. The molecule has 1 aromatic heterocycles. The van der Waals surface area contributed by atoms with E-state index in [2.05, 4.69) is 22.2 Å². The molecule has 2 atom stereocenters. The first-order chi connectivity index (χ1) is 10.2. The van der Waals surface area contributed by atoms with E-state index in [9.17, 15) is 4.79 Å². The Hall–Kier alpha value is -1.36. The zero-order valence-electron chi connectivity index (χ0n) is 13.1. The van der Waals surface area contributed by atoms with Crippen molar-refractivity contribution in [1.29, 1.82) is 0 Å². The van der Waals surface area contributed by atoms with Gasteiger partial charge < -0.3 is 10.2 Å². The molecular formula is C16H26N4O. The lowest BCUT2D eigenvalue weighted by molar-refractivity contribution is 0.0562. The fourth-order valence-electron chi connectivity index (χ4n) is 3.80. The van der Waals surface area contributed by atoms with Gasteiger partial charge in [-0.2, -0.15) is 5.10 Å². The molecule has 1 aromatic rings. The maximum atomic E-state index is 13.0. The van der Waals surface area contributed by atoms with Crippen LogP contribution in [0.4, 0.5) is 0 Å². The third-order valence-electron chi connectivity index (χ3n) is 4.84. The van der Waals surface area contributed by atoms with Crippen LogP contribution in [-0.2, 0) is 13.5 Å². The maximum Gasteiger partial charge on any atom is 0.257 e. The van der Waals surface area contributed by atoms with Crippen molar-refractivity contribution in [2.24, 2.45) is 7.05 Å². The maximum absolute atomic E-state index is 13.0. The van der Waals surface area contributed by atoms with E-state index in [0.29, 0.717) is 12.1 Å². The Labute approximate surface area is 126 Å². The molecule has 0 saturated carbocycles. The summed E-state index contributed by atoms with van der Waals surface area (Å²) < 4.78 is 1.76. The van der Waals surface area contributed by atoms with Crippen molar-refractivity contribution in [2.75, 3.05) is 13.1 Å². The van der Waals surface area contributed by atoms with E-state index in [1.165, 1.54) is 19.3 Å². The molecule has 116 valence electrons. The minimum atomic E-state index is 0.179. The number of carbonyl (C=O) groups is 1. The third-order valence-corrected chi connectivity index (χ3v) is 4.84. The average Bonchev–Trinajstić information content (AvgIpc) is 3.15. The van der Waals surface area contributed by atoms with Gasteiger partial charge in [0.2, 0.25) is 0 Å². The van der Waals surface area contributed by atoms with Crippen molar-refractivity contribution in [1.82, 2.24) is 20.0 Å². The SMILES string of the molecule is CCc1nn(C)cc1C(=O)N1CCCCC1C1CCCN1. The Balaban J connectivity index is 1.83. The van der Waals surface area contributed by atoms with Crippen LogP contribution in [0.2, 0.25) is 0 Å². The summed E-state index contributed by atoms with van der Waals surface area (Å²) in [5, 5.41) is 8.00. The highest BCUT2D eigenvalue weighted by Crippen LogP contribution is 2.26. The molecule has 1 amide bonds. The number of aryl methyl sites for hydroxylation is 2. The van der Waals surface area contributed by atoms with Crippen LogP contribution in [0.5, 0.6) is 0 Å². The summed E-state index contributed by atoms with van der Waals surface area (Å²) in [6.45, 7) is 4.04. The van der Waals surface area contributed by atoms with Crippen molar-refractivity contribution < 1.29 is 4.79 Å². The van der Waals surface area contributed by atoms with Gasteiger partial charge in [0.05, 0.1) is 11.3 Å². The Morgan fingerprint density at radius 2 is 2.24 bits per heavy atom. The normalized spacial score (nSPS) is 26.3. The monoisotopic (exact) mass is 290 g/mol. The van der Waals surface area contributed by atoms with Gasteiger partial charge in [-0.05, 0) is 45.1 Å². The smallest absolute Gasteiger partial charge is 0.257 e. The first-order valence-electron chi connectivity index (χ1n) is 8.27. The lowest BCUT2D eigenvalue weighted by Gasteiger charge is -2.39. The molecule has 5 heteroatoms. The lowest BCUT2D eigenvalue weighted by Crippen LogP contribution is -2.52. The summed E-state index contributed by atoms with van der Waals surface area (Å²) in [6, 6.07) is 0.842. The molecule has 2 aliphatic heterocycles. The molecule has 2 saturated heterocycles. The largest absolute Gasteiger partial charge is 0.334 e. The standard InChI is InChI=1S/C16H26N4O/c1-3-13-12(11-19(2)18-13)16(21)20-10-5-4-8-15(20)14-7-6-9-17-14/h11,14-15,17H,3-10H2,1-2H3. The topological polar surface area (TPSA) is 50.2 Å². The van der Waals surface area contributed by atoms with Crippen LogP contribution in [0, 0.1) is 0 Å². The number of rotatable bonds is 3. The van der Waals surface area contributed by atoms with Crippen LogP contribution < -0.4 is 5.32 Å². The quantitative estimate of drug-likeness (QED) is 0.922. The number of nitrogens with one attached hydrogen (secondary N) is 1. The van der Waals surface area contributed by atoms with Crippen molar-refractivity contribution >= 4 is 5.91 Å². The van der Waals surface area contributed by atoms with Crippen molar-refractivity contribution in [3.63, 3.8) is 0 Å². The van der Waals surface area contributed by atoms with E-state index >= 15 is 0 Å². The summed E-state index contributed by atoms with van der Waals surface area (Å²) in [5.41, 5.74) is 1.72. The van der Waals surface area contributed by atoms with Crippen LogP contribution in [0.15, 0.2) is 6.20 Å². The fraction of sp³-hybridized carbons (Fsp3) is 0.750. The molecule has 1 N–H and O–H groups in total. The molecule has 3 rings (SSSR count). The van der Waals surface area contributed by atoms with Gasteiger partial charge in [-0.3, -0.25) is 9.48 Å². The van der Waals surface area contributed by atoms with Gasteiger partial charge in [0, 0.05) is 31.9 Å². The van der Waals surface area contributed by atoms with Gasteiger partial charge in [0.15, 0.2) is 0 Å². The van der Waals surface area contributed by atoms with E-state index in [0.717, 1.165) is 43.6 Å². The molecule has 3 heterocycles. The number of nitrogens with zero attached hydrogens (tertiary/aromatic N) is 3. The fourth-order valence-corrected chi connectivity index (χ4v) is 3.80. The molecule has 5 nitrogen and oxygen atoms in total. The van der Waals surface area contributed by atoms with Crippen molar-refractivity contribution in [3.8, 4) is 0 Å². The van der Waals surface area contributed by atoms with Gasteiger partial charge >= 0.3 is 0 Å². The molecule has 0 bridgehead atoms. The van der Waals surface area contributed by atoms with E-state index in [1.54, 1.807) is 4.68 Å². The van der Waals surface area contributed by atoms with Gasteiger partial charge in [-0.1, -0.05) is 6.92 Å². The van der Waals surface area contributed by atoms with Crippen LogP contribution in [-0.4, -0.2) is 45.8 Å².